The molecule has 0 spiro atoms. The first-order valence-corrected chi connectivity index (χ1v) is 27.0. The maximum absolute atomic E-state index is 12.8. The van der Waals surface area contributed by atoms with Gasteiger partial charge in [0.1, 0.15) is 13.2 Å². The Bertz CT molecular complexity index is 1210. The predicted molar refractivity (Wildman–Crippen MR) is 274 cm³/mol. The summed E-state index contributed by atoms with van der Waals surface area (Å²) in [6, 6.07) is 0. The zero-order valence-electron chi connectivity index (χ0n) is 42.0. The molecule has 0 heterocycles. The standard InChI is InChI=1S/C58H100O6/c1-4-7-10-13-16-19-22-25-27-28-29-30-32-33-36-39-42-45-48-51-57(60)63-54-55(53-62-56(59)50-47-44-41-38-35-24-21-18-15-12-9-6-3)64-58(61)52-49-46-43-40-37-34-31-26-23-20-17-14-11-8-5-2/h7,10,16-17,19-20,23,25-27,29-30,55H,4-6,8-9,11-15,18,21-22,24,28,31-54H2,1-3H3/b10-7-,19-16-,20-17-,26-23-,27-25-,30-29-. The van der Waals surface area contributed by atoms with E-state index in [0.717, 1.165) is 103 Å². The van der Waals surface area contributed by atoms with E-state index in [-0.39, 0.29) is 31.1 Å². The van der Waals surface area contributed by atoms with Gasteiger partial charge in [0.05, 0.1) is 0 Å². The van der Waals surface area contributed by atoms with Gasteiger partial charge in [-0.1, -0.05) is 229 Å². The molecule has 0 amide bonds. The van der Waals surface area contributed by atoms with Gasteiger partial charge in [0.25, 0.3) is 0 Å². The second-order valence-electron chi connectivity index (χ2n) is 17.8. The van der Waals surface area contributed by atoms with Crippen molar-refractivity contribution in [2.24, 2.45) is 0 Å². The molecule has 0 fully saturated rings. The molecule has 6 nitrogen and oxygen atoms in total. The van der Waals surface area contributed by atoms with Crippen LogP contribution in [-0.4, -0.2) is 37.2 Å². The van der Waals surface area contributed by atoms with Crippen LogP contribution in [0, 0.1) is 0 Å². The molecule has 0 aliphatic carbocycles. The topological polar surface area (TPSA) is 78.9 Å². The Morgan fingerprint density at radius 2 is 0.656 bits per heavy atom. The second kappa shape index (κ2) is 52.5. The lowest BCUT2D eigenvalue weighted by Gasteiger charge is -2.18. The van der Waals surface area contributed by atoms with Crippen LogP contribution in [0.1, 0.15) is 258 Å². The van der Waals surface area contributed by atoms with Gasteiger partial charge < -0.3 is 14.2 Å². The molecule has 0 aromatic carbocycles. The van der Waals surface area contributed by atoms with Crippen LogP contribution in [0.25, 0.3) is 0 Å². The van der Waals surface area contributed by atoms with Crippen molar-refractivity contribution < 1.29 is 28.6 Å². The molecule has 0 saturated heterocycles. The lowest BCUT2D eigenvalue weighted by Crippen LogP contribution is -2.30. The maximum Gasteiger partial charge on any atom is 0.306 e. The average Bonchev–Trinajstić information content (AvgIpc) is 3.29. The van der Waals surface area contributed by atoms with E-state index >= 15 is 0 Å². The highest BCUT2D eigenvalue weighted by Gasteiger charge is 2.19. The predicted octanol–water partition coefficient (Wildman–Crippen LogP) is 17.8. The Morgan fingerprint density at radius 1 is 0.344 bits per heavy atom. The minimum atomic E-state index is -0.785. The normalized spacial score (nSPS) is 12.6. The van der Waals surface area contributed by atoms with Gasteiger partial charge in [0.2, 0.25) is 0 Å². The number of rotatable bonds is 48. The Labute approximate surface area is 395 Å². The number of carbonyl (C=O) groups is 3. The molecule has 0 radical (unpaired) electrons. The van der Waals surface area contributed by atoms with Gasteiger partial charge in [0.15, 0.2) is 6.10 Å². The van der Waals surface area contributed by atoms with Crippen LogP contribution in [0.4, 0.5) is 0 Å². The summed E-state index contributed by atoms with van der Waals surface area (Å²) in [6.07, 6.45) is 65.9. The van der Waals surface area contributed by atoms with Crippen molar-refractivity contribution in [3.8, 4) is 0 Å². The highest BCUT2D eigenvalue weighted by molar-refractivity contribution is 5.71. The maximum atomic E-state index is 12.8. The fourth-order valence-electron chi connectivity index (χ4n) is 7.42. The molecular weight excluding hydrogens is 793 g/mol. The number of esters is 3. The quantitative estimate of drug-likeness (QED) is 0.0199. The van der Waals surface area contributed by atoms with E-state index in [1.807, 2.05) is 0 Å². The second-order valence-corrected chi connectivity index (χ2v) is 17.8. The minimum Gasteiger partial charge on any atom is -0.462 e. The van der Waals surface area contributed by atoms with E-state index in [0.29, 0.717) is 19.3 Å². The molecule has 0 bridgehead atoms. The summed E-state index contributed by atoms with van der Waals surface area (Å²) in [5.41, 5.74) is 0. The third-order valence-electron chi connectivity index (χ3n) is 11.5. The molecule has 6 heteroatoms. The van der Waals surface area contributed by atoms with Crippen LogP contribution < -0.4 is 0 Å². The van der Waals surface area contributed by atoms with Gasteiger partial charge in [-0.3, -0.25) is 14.4 Å². The van der Waals surface area contributed by atoms with E-state index in [2.05, 4.69) is 93.7 Å². The molecule has 0 N–H and O–H groups in total. The molecule has 0 aromatic heterocycles. The van der Waals surface area contributed by atoms with Crippen molar-refractivity contribution in [1.82, 2.24) is 0 Å². The van der Waals surface area contributed by atoms with Gasteiger partial charge in [-0.2, -0.15) is 0 Å². The largest absolute Gasteiger partial charge is 0.462 e. The number of allylic oxidation sites excluding steroid dienone is 12. The summed E-state index contributed by atoms with van der Waals surface area (Å²) in [6.45, 7) is 6.48. The van der Waals surface area contributed by atoms with Crippen LogP contribution in [0.2, 0.25) is 0 Å². The summed E-state index contributed by atoms with van der Waals surface area (Å²) in [4.78, 5) is 38.0. The summed E-state index contributed by atoms with van der Waals surface area (Å²) in [5, 5.41) is 0. The highest BCUT2D eigenvalue weighted by atomic mass is 16.6. The molecule has 1 atom stereocenters. The average molecular weight is 893 g/mol. The molecule has 0 rings (SSSR count). The zero-order chi connectivity index (χ0) is 46.5. The van der Waals surface area contributed by atoms with E-state index < -0.39 is 6.10 Å². The van der Waals surface area contributed by atoms with Crippen molar-refractivity contribution in [3.05, 3.63) is 72.9 Å². The monoisotopic (exact) mass is 893 g/mol. The van der Waals surface area contributed by atoms with Gasteiger partial charge >= 0.3 is 17.9 Å². The number of hydrogen-bond acceptors (Lipinski definition) is 6. The third-order valence-corrected chi connectivity index (χ3v) is 11.5. The van der Waals surface area contributed by atoms with E-state index in [1.165, 1.54) is 116 Å². The number of unbranched alkanes of at least 4 members (excludes halogenated alkanes) is 26. The number of carbonyl (C=O) groups excluding carboxylic acids is 3. The first kappa shape index (κ1) is 60.9. The zero-order valence-corrected chi connectivity index (χ0v) is 42.0. The van der Waals surface area contributed by atoms with Crippen LogP contribution in [0.5, 0.6) is 0 Å². The van der Waals surface area contributed by atoms with Crippen molar-refractivity contribution in [2.45, 2.75) is 264 Å². The van der Waals surface area contributed by atoms with E-state index in [1.54, 1.807) is 0 Å². The summed E-state index contributed by atoms with van der Waals surface area (Å²) < 4.78 is 16.8. The van der Waals surface area contributed by atoms with Crippen LogP contribution in [-0.2, 0) is 28.6 Å². The van der Waals surface area contributed by atoms with Crippen LogP contribution in [0.3, 0.4) is 0 Å². The van der Waals surface area contributed by atoms with Crippen LogP contribution in [0.15, 0.2) is 72.9 Å². The molecule has 1 unspecified atom stereocenters. The Kier molecular flexibility index (Phi) is 49.9. The molecule has 368 valence electrons. The molecule has 0 aliphatic rings. The van der Waals surface area contributed by atoms with Gasteiger partial charge in [-0.05, 0) is 83.5 Å². The van der Waals surface area contributed by atoms with Crippen molar-refractivity contribution in [3.63, 3.8) is 0 Å². The molecule has 64 heavy (non-hydrogen) atoms. The van der Waals surface area contributed by atoms with Crippen molar-refractivity contribution >= 4 is 17.9 Å². The highest BCUT2D eigenvalue weighted by Crippen LogP contribution is 2.15. The molecule has 0 saturated carbocycles. The first-order valence-electron chi connectivity index (χ1n) is 27.0. The van der Waals surface area contributed by atoms with E-state index in [9.17, 15) is 14.4 Å². The summed E-state index contributed by atoms with van der Waals surface area (Å²) in [5.74, 6) is -0.905. The Morgan fingerprint density at radius 3 is 1.08 bits per heavy atom. The lowest BCUT2D eigenvalue weighted by molar-refractivity contribution is -0.167. The fraction of sp³-hybridized carbons (Fsp3) is 0.741. The van der Waals surface area contributed by atoms with Crippen LogP contribution >= 0.6 is 0 Å². The van der Waals surface area contributed by atoms with Crippen molar-refractivity contribution in [1.29, 1.82) is 0 Å². The smallest absolute Gasteiger partial charge is 0.306 e. The van der Waals surface area contributed by atoms with Crippen molar-refractivity contribution in [2.75, 3.05) is 13.2 Å². The lowest BCUT2D eigenvalue weighted by atomic mass is 10.0. The number of ether oxygens (including phenoxy) is 3. The summed E-state index contributed by atoms with van der Waals surface area (Å²) in [7, 11) is 0. The molecule has 0 aliphatic heterocycles. The SMILES string of the molecule is CC/C=C\C/C=C\C/C=C\C/C=C\CCCCCCCCC(=O)OCC(COC(=O)CCCCCCCCCCCCCC)OC(=O)CCCCCCCC/C=C\C=C/CCCCC. The minimum absolute atomic E-state index is 0.0832. The van der Waals surface area contributed by atoms with E-state index in [4.69, 9.17) is 14.2 Å². The Balaban J connectivity index is 4.40. The van der Waals surface area contributed by atoms with Gasteiger partial charge in [-0.15, -0.1) is 0 Å². The Hall–Kier alpha value is -3.15. The molecular formula is C58H100O6. The molecule has 0 aromatic rings. The number of hydrogen-bond donors (Lipinski definition) is 0. The van der Waals surface area contributed by atoms with Gasteiger partial charge in [0, 0.05) is 19.3 Å². The third kappa shape index (κ3) is 49.9. The first-order chi connectivity index (χ1) is 31.5. The van der Waals surface area contributed by atoms with Gasteiger partial charge in [-0.25, -0.2) is 0 Å². The fourth-order valence-corrected chi connectivity index (χ4v) is 7.42. The summed E-state index contributed by atoms with van der Waals surface area (Å²) >= 11 is 0.